The summed E-state index contributed by atoms with van der Waals surface area (Å²) in [6.07, 6.45) is 2.96. The Morgan fingerprint density at radius 1 is 0.974 bits per heavy atom. The van der Waals surface area contributed by atoms with E-state index in [2.05, 4.69) is 4.98 Å². The first kappa shape index (κ1) is 28.7. The van der Waals surface area contributed by atoms with Gasteiger partial charge >= 0.3 is 0 Å². The number of sulfonamides is 1. The molecular formula is C28H32FN3O5S2. The number of aromatic nitrogens is 2. The quantitative estimate of drug-likeness (QED) is 0.284. The van der Waals surface area contributed by atoms with Gasteiger partial charge in [-0.3, -0.25) is 0 Å². The molecule has 8 nitrogen and oxygen atoms in total. The number of methoxy groups -OCH3 is 1. The molecule has 0 fully saturated rings. The molecule has 0 aliphatic heterocycles. The fraction of sp³-hybridized carbons (Fsp3) is 0.321. The smallest absolute Gasteiger partial charge is 0.243 e. The molecule has 2 aromatic carbocycles. The molecule has 0 amide bonds. The van der Waals surface area contributed by atoms with Crippen molar-refractivity contribution < 1.29 is 26.0 Å². The van der Waals surface area contributed by atoms with Crippen LogP contribution in [0.2, 0.25) is 0 Å². The molecule has 0 N–H and O–H groups in total. The van der Waals surface area contributed by atoms with Crippen molar-refractivity contribution in [3.05, 3.63) is 66.2 Å². The number of aryl methyl sites for hydroxylation is 1. The van der Waals surface area contributed by atoms with Crippen LogP contribution in [-0.2, 0) is 20.0 Å². The molecule has 0 saturated carbocycles. The molecule has 11 heteroatoms. The molecule has 208 valence electrons. The fourth-order valence-corrected chi connectivity index (χ4v) is 7.18. The molecule has 0 aliphatic carbocycles. The second-order valence-electron chi connectivity index (χ2n) is 10.0. The lowest BCUT2D eigenvalue weighted by Gasteiger charge is -2.17. The third kappa shape index (κ3) is 4.94. The number of para-hydroxylation sites is 1. The molecule has 0 radical (unpaired) electrons. The molecule has 4 aromatic rings. The van der Waals surface area contributed by atoms with Gasteiger partial charge in [0.1, 0.15) is 0 Å². The van der Waals surface area contributed by atoms with E-state index < -0.39 is 31.1 Å². The molecule has 2 heterocycles. The van der Waals surface area contributed by atoms with Crippen molar-refractivity contribution in [2.45, 2.75) is 37.8 Å². The Balaban J connectivity index is 2.04. The lowest BCUT2D eigenvalue weighted by molar-refractivity contribution is 0.388. The number of hydrogen-bond donors (Lipinski definition) is 0. The summed E-state index contributed by atoms with van der Waals surface area (Å²) in [5.41, 5.74) is 2.71. The normalized spacial score (nSPS) is 13.4. The van der Waals surface area contributed by atoms with Gasteiger partial charge in [-0.1, -0.05) is 38.1 Å². The van der Waals surface area contributed by atoms with Gasteiger partial charge in [0.25, 0.3) is 0 Å². The van der Waals surface area contributed by atoms with Crippen molar-refractivity contribution in [1.82, 2.24) is 13.3 Å². The lowest BCUT2D eigenvalue weighted by Crippen LogP contribution is -2.29. The highest BCUT2D eigenvalue weighted by Gasteiger charge is 2.30. The van der Waals surface area contributed by atoms with Crippen LogP contribution in [0.1, 0.15) is 26.3 Å². The Morgan fingerprint density at radius 3 is 2.28 bits per heavy atom. The van der Waals surface area contributed by atoms with Gasteiger partial charge in [-0.25, -0.2) is 34.5 Å². The maximum absolute atomic E-state index is 14.7. The zero-order valence-corrected chi connectivity index (χ0v) is 24.6. The van der Waals surface area contributed by atoms with E-state index in [9.17, 15) is 21.2 Å². The summed E-state index contributed by atoms with van der Waals surface area (Å²) in [7, 11) is -3.29. The summed E-state index contributed by atoms with van der Waals surface area (Å²) in [5.74, 6) is -0.773. The molecule has 1 unspecified atom stereocenters. The molecule has 4 rings (SSSR count). The van der Waals surface area contributed by atoms with Gasteiger partial charge in [0.15, 0.2) is 17.2 Å². The second kappa shape index (κ2) is 10.4. The van der Waals surface area contributed by atoms with E-state index in [4.69, 9.17) is 4.74 Å². The first-order valence-electron chi connectivity index (χ1n) is 12.3. The van der Waals surface area contributed by atoms with Crippen molar-refractivity contribution in [2.75, 3.05) is 21.2 Å². The average Bonchev–Trinajstić information content (AvgIpc) is 3.27. The Kier molecular flexibility index (Phi) is 7.63. The summed E-state index contributed by atoms with van der Waals surface area (Å²) >= 11 is 0. The van der Waals surface area contributed by atoms with Crippen molar-refractivity contribution in [1.29, 1.82) is 0 Å². The van der Waals surface area contributed by atoms with Gasteiger partial charge in [-0.15, -0.1) is 0 Å². The van der Waals surface area contributed by atoms with Crippen molar-refractivity contribution >= 4 is 31.1 Å². The van der Waals surface area contributed by atoms with Gasteiger partial charge in [-0.05, 0) is 49.1 Å². The molecule has 39 heavy (non-hydrogen) atoms. The summed E-state index contributed by atoms with van der Waals surface area (Å²) in [6.45, 7) is 7.01. The highest BCUT2D eigenvalue weighted by molar-refractivity contribution is 7.90. The predicted octanol–water partition coefficient (Wildman–Crippen LogP) is 5.30. The minimum Gasteiger partial charge on any atom is -0.493 e. The maximum Gasteiger partial charge on any atom is 0.243 e. The van der Waals surface area contributed by atoms with E-state index in [-0.39, 0.29) is 22.2 Å². The highest BCUT2D eigenvalue weighted by Crippen LogP contribution is 2.40. The summed E-state index contributed by atoms with van der Waals surface area (Å²) in [4.78, 5) is 4.68. The van der Waals surface area contributed by atoms with E-state index in [1.807, 2.05) is 13.8 Å². The molecular weight excluding hydrogens is 541 g/mol. The number of ether oxygens (including phenoxy) is 1. The first-order chi connectivity index (χ1) is 18.2. The SMILES string of the molecule is COc1c(F)cccc1-c1cn(S(=O)(=O)C(C)C(C)C)c2ncc(-c3ccc(C)c(S(=O)(=O)N(C)C)c3)cc12. The van der Waals surface area contributed by atoms with Crippen LogP contribution in [0.25, 0.3) is 33.3 Å². The van der Waals surface area contributed by atoms with Crippen LogP contribution < -0.4 is 4.74 Å². The van der Waals surface area contributed by atoms with Gasteiger partial charge in [-0.2, -0.15) is 0 Å². The van der Waals surface area contributed by atoms with Crippen LogP contribution in [-0.4, -0.2) is 56.6 Å². The number of fused-ring (bicyclic) bond motifs is 1. The number of pyridine rings is 1. The fourth-order valence-electron chi connectivity index (χ4n) is 4.35. The molecule has 0 saturated heterocycles. The third-order valence-electron chi connectivity index (χ3n) is 7.04. The topological polar surface area (TPSA) is 98.6 Å². The molecule has 2 aromatic heterocycles. The Morgan fingerprint density at radius 2 is 1.67 bits per heavy atom. The van der Waals surface area contributed by atoms with Crippen LogP contribution in [0.15, 0.2) is 59.8 Å². The highest BCUT2D eigenvalue weighted by atomic mass is 32.2. The van der Waals surface area contributed by atoms with Gasteiger partial charge < -0.3 is 4.74 Å². The van der Waals surface area contributed by atoms with Crippen LogP contribution >= 0.6 is 0 Å². The predicted molar refractivity (Wildman–Crippen MR) is 151 cm³/mol. The minimum atomic E-state index is -3.87. The Bertz CT molecular complexity index is 1780. The molecule has 0 spiro atoms. The zero-order valence-electron chi connectivity index (χ0n) is 22.9. The number of hydrogen-bond acceptors (Lipinski definition) is 6. The Hall–Kier alpha value is -3.28. The van der Waals surface area contributed by atoms with Crippen LogP contribution in [0.5, 0.6) is 5.75 Å². The lowest BCUT2D eigenvalue weighted by atomic mass is 10.0. The summed E-state index contributed by atoms with van der Waals surface area (Å²) < 4.78 is 75.4. The van der Waals surface area contributed by atoms with E-state index in [1.54, 1.807) is 44.2 Å². The van der Waals surface area contributed by atoms with E-state index in [0.717, 1.165) is 8.28 Å². The molecule has 0 aliphatic rings. The summed E-state index contributed by atoms with van der Waals surface area (Å²) in [6, 6.07) is 11.3. The van der Waals surface area contributed by atoms with Gasteiger partial charge in [0.05, 0.1) is 17.3 Å². The van der Waals surface area contributed by atoms with Crippen LogP contribution in [0.4, 0.5) is 4.39 Å². The number of halogens is 1. The molecule has 0 bridgehead atoms. The zero-order chi connectivity index (χ0) is 28.9. The monoisotopic (exact) mass is 573 g/mol. The minimum absolute atomic E-state index is 0.0223. The molecule has 1 atom stereocenters. The van der Waals surface area contributed by atoms with Crippen LogP contribution in [0.3, 0.4) is 0 Å². The van der Waals surface area contributed by atoms with Crippen molar-refractivity contribution in [3.8, 4) is 28.0 Å². The number of nitrogens with zero attached hydrogens (tertiary/aromatic N) is 3. The maximum atomic E-state index is 14.7. The third-order valence-corrected chi connectivity index (χ3v) is 11.3. The average molecular weight is 574 g/mol. The standard InChI is InChI=1S/C28H32FN3O5S2/c1-17(2)19(4)38(33,34)32-16-24(22-9-8-10-25(29)27(22)37-7)23-13-21(15-30-28(23)32)20-12-11-18(3)26(14-20)39(35,36)31(5)6/h8-17,19H,1-7H3. The van der Waals surface area contributed by atoms with Crippen molar-refractivity contribution in [3.63, 3.8) is 0 Å². The Labute approximate surface area is 229 Å². The van der Waals surface area contributed by atoms with E-state index in [1.165, 1.54) is 45.7 Å². The van der Waals surface area contributed by atoms with E-state index in [0.29, 0.717) is 33.2 Å². The number of rotatable bonds is 8. The van der Waals surface area contributed by atoms with E-state index >= 15 is 0 Å². The van der Waals surface area contributed by atoms with Crippen molar-refractivity contribution in [2.24, 2.45) is 5.92 Å². The summed E-state index contributed by atoms with van der Waals surface area (Å²) in [5, 5.41) is -0.263. The van der Waals surface area contributed by atoms with Gasteiger partial charge in [0, 0.05) is 48.6 Å². The van der Waals surface area contributed by atoms with Gasteiger partial charge in [0.2, 0.25) is 20.0 Å². The number of benzene rings is 2. The first-order valence-corrected chi connectivity index (χ1v) is 15.3. The second-order valence-corrected chi connectivity index (χ2v) is 14.3. The largest absolute Gasteiger partial charge is 0.493 e. The van der Waals surface area contributed by atoms with Crippen LogP contribution in [0, 0.1) is 18.7 Å².